The van der Waals surface area contributed by atoms with Crippen LogP contribution >= 0.6 is 11.3 Å². The first-order chi connectivity index (χ1) is 24.2. The van der Waals surface area contributed by atoms with Crippen LogP contribution in [0.4, 0.5) is 0 Å². The van der Waals surface area contributed by atoms with Crippen molar-refractivity contribution < 1.29 is 0 Å². The molecule has 49 heavy (non-hydrogen) atoms. The van der Waals surface area contributed by atoms with Gasteiger partial charge in [-0.25, -0.2) is 0 Å². The molecule has 6 aromatic carbocycles. The molecule has 0 radical (unpaired) electrons. The minimum absolute atomic E-state index is 0.592. The van der Waals surface area contributed by atoms with Gasteiger partial charge < -0.3 is 9.13 Å². The molecule has 226 valence electrons. The van der Waals surface area contributed by atoms with E-state index < -0.39 is 0 Å². The van der Waals surface area contributed by atoms with E-state index >= 15 is 0 Å². The molecule has 0 saturated heterocycles. The first kappa shape index (κ1) is 27.4. The maximum Gasteiger partial charge on any atom is 0.0991 e. The van der Waals surface area contributed by atoms with Gasteiger partial charge in [0.25, 0.3) is 0 Å². The van der Waals surface area contributed by atoms with Gasteiger partial charge in [0.05, 0.1) is 55.5 Å². The summed E-state index contributed by atoms with van der Waals surface area (Å²) in [6.45, 7) is 0. The van der Waals surface area contributed by atoms with Crippen molar-refractivity contribution in [2.24, 2.45) is 0 Å². The van der Waals surface area contributed by atoms with Gasteiger partial charge in [-0.05, 0) is 102 Å². The van der Waals surface area contributed by atoms with Crippen LogP contribution in [0.5, 0.6) is 0 Å². The van der Waals surface area contributed by atoms with Crippen LogP contribution in [0.1, 0.15) is 11.1 Å². The molecule has 5 nitrogen and oxygen atoms in total. The smallest absolute Gasteiger partial charge is 0.0991 e. The quantitative estimate of drug-likeness (QED) is 0.193. The maximum atomic E-state index is 9.63. The summed E-state index contributed by atoms with van der Waals surface area (Å²) in [5.41, 5.74) is 10.9. The van der Waals surface area contributed by atoms with Gasteiger partial charge in [0.2, 0.25) is 0 Å². The van der Waals surface area contributed by atoms with E-state index in [0.717, 1.165) is 49.8 Å². The highest BCUT2D eigenvalue weighted by atomic mass is 32.1. The monoisotopic (exact) mass is 641 g/mol. The van der Waals surface area contributed by atoms with E-state index in [0.29, 0.717) is 11.1 Å². The highest BCUT2D eigenvalue weighted by Gasteiger charge is 2.19. The highest BCUT2D eigenvalue weighted by molar-refractivity contribution is 7.26. The first-order valence-electron chi connectivity index (χ1n) is 16.0. The lowest BCUT2D eigenvalue weighted by Gasteiger charge is -2.13. The molecule has 10 aromatic rings. The molecule has 10 rings (SSSR count). The third kappa shape index (κ3) is 3.99. The number of nitrogens with zero attached hydrogens (tertiary/aromatic N) is 5. The summed E-state index contributed by atoms with van der Waals surface area (Å²) in [4.78, 5) is 4.72. The second-order valence-electron chi connectivity index (χ2n) is 12.3. The Bertz CT molecular complexity index is 3020. The zero-order valence-electron chi connectivity index (χ0n) is 25.9. The fraction of sp³-hybridized carbons (Fsp3) is 0. The van der Waals surface area contributed by atoms with Crippen molar-refractivity contribution in [3.8, 4) is 34.6 Å². The zero-order valence-corrected chi connectivity index (χ0v) is 26.7. The molecule has 0 saturated carbocycles. The summed E-state index contributed by atoms with van der Waals surface area (Å²) in [6, 6.07) is 50.7. The number of fused-ring (bicyclic) bond motifs is 10. The minimum Gasteiger partial charge on any atom is -0.309 e. The van der Waals surface area contributed by atoms with Crippen molar-refractivity contribution in [1.29, 1.82) is 10.5 Å². The number of hydrogen-bond donors (Lipinski definition) is 0. The van der Waals surface area contributed by atoms with Gasteiger partial charge in [-0.3, -0.25) is 4.98 Å². The van der Waals surface area contributed by atoms with Crippen LogP contribution in [0.2, 0.25) is 0 Å². The highest BCUT2D eigenvalue weighted by Crippen LogP contribution is 2.43. The first-order valence-corrected chi connectivity index (χ1v) is 16.8. The molecule has 0 bridgehead atoms. The summed E-state index contributed by atoms with van der Waals surface area (Å²) in [5, 5.41) is 24.8. The molecule has 0 N–H and O–H groups in total. The van der Waals surface area contributed by atoms with E-state index in [2.05, 4.69) is 112 Å². The molecule has 4 aromatic heterocycles. The van der Waals surface area contributed by atoms with Crippen LogP contribution in [0.3, 0.4) is 0 Å². The van der Waals surface area contributed by atoms with Crippen molar-refractivity contribution >= 4 is 75.3 Å². The van der Waals surface area contributed by atoms with Gasteiger partial charge in [0.15, 0.2) is 0 Å². The van der Waals surface area contributed by atoms with Crippen molar-refractivity contribution in [3.63, 3.8) is 0 Å². The number of rotatable bonds is 3. The van der Waals surface area contributed by atoms with Crippen LogP contribution in [-0.4, -0.2) is 14.1 Å². The molecule has 6 heteroatoms. The molecule has 0 atom stereocenters. The molecular weight excluding hydrogens is 619 g/mol. The van der Waals surface area contributed by atoms with Crippen LogP contribution < -0.4 is 0 Å². The van der Waals surface area contributed by atoms with E-state index in [1.54, 1.807) is 0 Å². The second-order valence-corrected chi connectivity index (χ2v) is 13.3. The van der Waals surface area contributed by atoms with Gasteiger partial charge in [0.1, 0.15) is 0 Å². The molecular formula is C43H23N5S. The van der Waals surface area contributed by atoms with Crippen molar-refractivity contribution in [2.45, 2.75) is 0 Å². The lowest BCUT2D eigenvalue weighted by molar-refractivity contribution is 1.17. The van der Waals surface area contributed by atoms with Gasteiger partial charge in [-0.1, -0.05) is 42.5 Å². The number of para-hydroxylation sites is 1. The summed E-state index contributed by atoms with van der Waals surface area (Å²) >= 11 is 1.81. The third-order valence-corrected chi connectivity index (χ3v) is 10.8. The molecule has 0 unspecified atom stereocenters. The largest absolute Gasteiger partial charge is 0.309 e. The molecule has 0 amide bonds. The fourth-order valence-corrected chi connectivity index (χ4v) is 8.69. The maximum absolute atomic E-state index is 9.63. The van der Waals surface area contributed by atoms with Gasteiger partial charge in [-0.2, -0.15) is 10.5 Å². The Morgan fingerprint density at radius 1 is 0.510 bits per heavy atom. The standard InChI is InChI=1S/C43H23N5S/c44-24-26-13-16-37-34(20-26)35-21-27(25-45)14-17-38(35)47(37)30-8-3-6-28(22-30)29-7-4-9-31(23-29)48-36-11-2-1-10-32(36)41-39(48)18-15-33-42-40(49-43(33)41)12-5-19-46-42/h1-23H. The molecule has 0 aliphatic rings. The van der Waals surface area contributed by atoms with Gasteiger partial charge in [-0.15, -0.1) is 11.3 Å². The topological polar surface area (TPSA) is 70.3 Å². The van der Waals surface area contributed by atoms with E-state index in [1.165, 1.54) is 36.6 Å². The Balaban J connectivity index is 1.16. The lowest BCUT2D eigenvalue weighted by Crippen LogP contribution is -1.96. The Kier molecular flexibility index (Phi) is 5.81. The molecule has 4 heterocycles. The Morgan fingerprint density at radius 2 is 1.12 bits per heavy atom. The normalized spacial score (nSPS) is 11.6. The van der Waals surface area contributed by atoms with E-state index in [9.17, 15) is 10.5 Å². The van der Waals surface area contributed by atoms with Crippen molar-refractivity contribution in [1.82, 2.24) is 14.1 Å². The average Bonchev–Trinajstić information content (AvgIpc) is 3.82. The summed E-state index contributed by atoms with van der Waals surface area (Å²) in [6.07, 6.45) is 1.87. The SMILES string of the molecule is N#Cc1ccc2c(c1)c1cc(C#N)ccc1n2-c1cccc(-c2cccc(-n3c4ccccc4c4c5sc6cccnc6c5ccc43)c2)c1. The zero-order chi connectivity index (χ0) is 32.6. The summed E-state index contributed by atoms with van der Waals surface area (Å²) in [5.74, 6) is 0. The Labute approximate surface area is 284 Å². The average molecular weight is 642 g/mol. The third-order valence-electron chi connectivity index (χ3n) is 9.59. The Morgan fingerprint density at radius 3 is 1.80 bits per heavy atom. The van der Waals surface area contributed by atoms with Crippen LogP contribution in [-0.2, 0) is 0 Å². The number of pyridine rings is 1. The lowest BCUT2D eigenvalue weighted by atomic mass is 10.0. The van der Waals surface area contributed by atoms with Crippen molar-refractivity contribution in [3.05, 3.63) is 151 Å². The minimum atomic E-state index is 0.592. The second kappa shape index (κ2) is 10.4. The molecule has 0 aliphatic heterocycles. The summed E-state index contributed by atoms with van der Waals surface area (Å²) < 4.78 is 7.06. The Hall–Kier alpha value is -6.73. The summed E-state index contributed by atoms with van der Waals surface area (Å²) in [7, 11) is 0. The fourth-order valence-electron chi connectivity index (χ4n) is 7.47. The predicted octanol–water partition coefficient (Wildman–Crippen LogP) is 11.1. The molecule has 0 spiro atoms. The number of aromatic nitrogens is 3. The van der Waals surface area contributed by atoms with Gasteiger partial charge in [0, 0.05) is 49.2 Å². The molecule has 0 aliphatic carbocycles. The number of thiophene rings is 1. The van der Waals surface area contributed by atoms with Crippen LogP contribution in [0, 0.1) is 22.7 Å². The van der Waals surface area contributed by atoms with E-state index in [1.807, 2.05) is 60.0 Å². The number of benzene rings is 6. The predicted molar refractivity (Wildman–Crippen MR) is 201 cm³/mol. The van der Waals surface area contributed by atoms with Crippen molar-refractivity contribution in [2.75, 3.05) is 0 Å². The van der Waals surface area contributed by atoms with Crippen LogP contribution in [0.25, 0.3) is 86.4 Å². The number of nitriles is 2. The number of hydrogen-bond acceptors (Lipinski definition) is 4. The van der Waals surface area contributed by atoms with E-state index in [-0.39, 0.29) is 0 Å². The van der Waals surface area contributed by atoms with Crippen LogP contribution in [0.15, 0.2) is 140 Å². The van der Waals surface area contributed by atoms with Gasteiger partial charge >= 0.3 is 0 Å². The van der Waals surface area contributed by atoms with E-state index in [4.69, 9.17) is 4.98 Å². The molecule has 0 fully saturated rings.